The molecule has 5 nitrogen and oxygen atoms in total. The number of ether oxygens (including phenoxy) is 1. The van der Waals surface area contributed by atoms with Gasteiger partial charge in [-0.25, -0.2) is 4.98 Å². The quantitative estimate of drug-likeness (QED) is 0.841. The van der Waals surface area contributed by atoms with Crippen molar-refractivity contribution in [2.45, 2.75) is 13.8 Å². The van der Waals surface area contributed by atoms with E-state index in [1.807, 2.05) is 19.9 Å². The monoisotopic (exact) mass is 264 g/mol. The van der Waals surface area contributed by atoms with Crippen LogP contribution in [0.5, 0.6) is 11.6 Å². The molecule has 0 saturated carbocycles. The number of rotatable bonds is 2. The number of benzene rings is 1. The van der Waals surface area contributed by atoms with Gasteiger partial charge >= 0.3 is 0 Å². The molecule has 0 unspecified atom stereocenters. The summed E-state index contributed by atoms with van der Waals surface area (Å²) in [4.78, 5) is 4.21. The molecule has 98 valence electrons. The van der Waals surface area contributed by atoms with E-state index >= 15 is 0 Å². The molecule has 0 radical (unpaired) electrons. The first-order valence-corrected chi connectivity index (χ1v) is 5.91. The van der Waals surface area contributed by atoms with Crippen molar-refractivity contribution in [2.24, 2.45) is 0 Å². The Bertz CT molecular complexity index is 754. The van der Waals surface area contributed by atoms with Gasteiger partial charge in [-0.15, -0.1) is 0 Å². The van der Waals surface area contributed by atoms with Crippen molar-refractivity contribution in [2.75, 3.05) is 5.73 Å². The van der Waals surface area contributed by atoms with Crippen molar-refractivity contribution in [1.82, 2.24) is 4.98 Å². The number of hydrogen-bond donors (Lipinski definition) is 1. The number of aryl methyl sites for hydroxylation is 2. The first-order valence-electron chi connectivity index (χ1n) is 5.91. The Morgan fingerprint density at radius 2 is 1.90 bits per heavy atom. The van der Waals surface area contributed by atoms with Crippen LogP contribution in [0.2, 0.25) is 0 Å². The van der Waals surface area contributed by atoms with Crippen LogP contribution in [-0.2, 0) is 0 Å². The highest BCUT2D eigenvalue weighted by atomic mass is 16.5. The number of anilines is 1. The minimum atomic E-state index is 0.200. The molecule has 0 aliphatic carbocycles. The Labute approximate surface area is 116 Å². The van der Waals surface area contributed by atoms with Crippen LogP contribution in [0.25, 0.3) is 0 Å². The molecule has 5 heteroatoms. The second-order valence-corrected chi connectivity index (χ2v) is 4.34. The van der Waals surface area contributed by atoms with Gasteiger partial charge in [0.15, 0.2) is 0 Å². The third kappa shape index (κ3) is 2.52. The summed E-state index contributed by atoms with van der Waals surface area (Å²) >= 11 is 0. The van der Waals surface area contributed by atoms with Crippen LogP contribution in [-0.4, -0.2) is 4.98 Å². The smallest absolute Gasteiger partial charge is 0.237 e. The van der Waals surface area contributed by atoms with Gasteiger partial charge in [0.25, 0.3) is 0 Å². The largest absolute Gasteiger partial charge is 0.436 e. The van der Waals surface area contributed by atoms with Gasteiger partial charge in [-0.2, -0.15) is 10.5 Å². The maximum Gasteiger partial charge on any atom is 0.237 e. The third-order valence-corrected chi connectivity index (χ3v) is 2.75. The molecule has 0 fully saturated rings. The third-order valence-electron chi connectivity index (χ3n) is 2.75. The van der Waals surface area contributed by atoms with Crippen molar-refractivity contribution in [3.63, 3.8) is 0 Å². The lowest BCUT2D eigenvalue weighted by atomic mass is 10.1. The number of hydrogen-bond acceptors (Lipinski definition) is 5. The maximum absolute atomic E-state index is 9.18. The van der Waals surface area contributed by atoms with Gasteiger partial charge in [0.2, 0.25) is 5.88 Å². The molecule has 0 atom stereocenters. The second kappa shape index (κ2) is 5.29. The van der Waals surface area contributed by atoms with E-state index in [-0.39, 0.29) is 5.88 Å². The Morgan fingerprint density at radius 1 is 1.15 bits per heavy atom. The summed E-state index contributed by atoms with van der Waals surface area (Å²) < 4.78 is 5.63. The molecule has 20 heavy (non-hydrogen) atoms. The molecule has 0 aliphatic heterocycles. The fourth-order valence-electron chi connectivity index (χ4n) is 1.84. The minimum Gasteiger partial charge on any atom is -0.436 e. The average molecular weight is 264 g/mol. The van der Waals surface area contributed by atoms with Crippen LogP contribution >= 0.6 is 0 Å². The molecular formula is C15H12N4O. The van der Waals surface area contributed by atoms with Crippen LogP contribution in [0.1, 0.15) is 22.4 Å². The highest BCUT2D eigenvalue weighted by Gasteiger charge is 2.13. The summed E-state index contributed by atoms with van der Waals surface area (Å²) in [6.07, 6.45) is 0. The number of nitrogens with two attached hydrogens (primary N) is 1. The van der Waals surface area contributed by atoms with Gasteiger partial charge in [-0.05, 0) is 43.7 Å². The van der Waals surface area contributed by atoms with E-state index in [1.54, 1.807) is 18.2 Å². The Balaban J connectivity index is 2.51. The summed E-state index contributed by atoms with van der Waals surface area (Å²) in [5.41, 5.74) is 8.28. The van der Waals surface area contributed by atoms with E-state index < -0.39 is 0 Å². The molecule has 1 heterocycles. The average Bonchev–Trinajstić information content (AvgIpc) is 2.40. The van der Waals surface area contributed by atoms with Crippen molar-refractivity contribution in [1.29, 1.82) is 10.5 Å². The predicted molar refractivity (Wildman–Crippen MR) is 74.1 cm³/mol. The summed E-state index contributed by atoms with van der Waals surface area (Å²) in [6.45, 7) is 3.63. The number of nitrogen functional groups attached to an aromatic ring is 1. The van der Waals surface area contributed by atoms with Gasteiger partial charge < -0.3 is 10.5 Å². The lowest BCUT2D eigenvalue weighted by Crippen LogP contribution is -1.98. The Hall–Kier alpha value is -3.05. The Kier molecular flexibility index (Phi) is 3.54. The van der Waals surface area contributed by atoms with Crippen molar-refractivity contribution >= 4 is 5.69 Å². The Morgan fingerprint density at radius 3 is 2.55 bits per heavy atom. The first kappa shape index (κ1) is 13.4. The number of pyridine rings is 1. The van der Waals surface area contributed by atoms with Crippen molar-refractivity contribution in [3.8, 4) is 23.8 Å². The highest BCUT2D eigenvalue weighted by Crippen LogP contribution is 2.29. The molecule has 0 saturated heterocycles. The lowest BCUT2D eigenvalue weighted by Gasteiger charge is -2.10. The molecular weight excluding hydrogens is 252 g/mol. The SMILES string of the molecule is Cc1cc(C)c(C#N)c(Oc2ccc(N)cc2C#N)n1. The fraction of sp³-hybridized carbons (Fsp3) is 0.133. The molecule has 2 N–H and O–H groups in total. The highest BCUT2D eigenvalue weighted by molar-refractivity contribution is 5.55. The van der Waals surface area contributed by atoms with Crippen LogP contribution in [0.4, 0.5) is 5.69 Å². The molecule has 2 rings (SSSR count). The number of nitriles is 2. The topological polar surface area (TPSA) is 95.7 Å². The van der Waals surface area contributed by atoms with E-state index in [2.05, 4.69) is 11.1 Å². The van der Waals surface area contributed by atoms with E-state index in [0.717, 1.165) is 11.3 Å². The van der Waals surface area contributed by atoms with Crippen LogP contribution in [0.15, 0.2) is 24.3 Å². The summed E-state index contributed by atoms with van der Waals surface area (Å²) in [5.74, 6) is 0.530. The fourth-order valence-corrected chi connectivity index (χ4v) is 1.84. The molecule has 0 bridgehead atoms. The molecule has 1 aromatic heterocycles. The molecule has 0 spiro atoms. The zero-order valence-corrected chi connectivity index (χ0v) is 11.1. The van der Waals surface area contributed by atoms with Gasteiger partial charge in [-0.3, -0.25) is 0 Å². The zero-order valence-electron chi connectivity index (χ0n) is 11.1. The standard InChI is InChI=1S/C15H12N4O/c1-9-5-10(2)19-15(13(9)8-17)20-14-4-3-12(18)6-11(14)7-16/h3-6H,18H2,1-2H3. The zero-order chi connectivity index (χ0) is 14.7. The molecule has 1 aromatic carbocycles. The predicted octanol–water partition coefficient (Wildman–Crippen LogP) is 2.82. The first-order chi connectivity index (χ1) is 9.55. The summed E-state index contributed by atoms with van der Waals surface area (Å²) in [7, 11) is 0. The van der Waals surface area contributed by atoms with Gasteiger partial charge in [0, 0.05) is 11.4 Å². The summed E-state index contributed by atoms with van der Waals surface area (Å²) in [5, 5.41) is 18.3. The minimum absolute atomic E-state index is 0.200. The van der Waals surface area contributed by atoms with Gasteiger partial charge in [0.1, 0.15) is 23.5 Å². The van der Waals surface area contributed by atoms with E-state index in [4.69, 9.17) is 15.7 Å². The van der Waals surface area contributed by atoms with Crippen molar-refractivity contribution < 1.29 is 4.74 Å². The van der Waals surface area contributed by atoms with Gasteiger partial charge in [0.05, 0.1) is 5.56 Å². The van der Waals surface area contributed by atoms with E-state index in [9.17, 15) is 5.26 Å². The molecule has 0 aliphatic rings. The van der Waals surface area contributed by atoms with Crippen LogP contribution < -0.4 is 10.5 Å². The second-order valence-electron chi connectivity index (χ2n) is 4.34. The lowest BCUT2D eigenvalue weighted by molar-refractivity contribution is 0.458. The van der Waals surface area contributed by atoms with Gasteiger partial charge in [-0.1, -0.05) is 0 Å². The van der Waals surface area contributed by atoms with Crippen LogP contribution in [0, 0.1) is 36.5 Å². The van der Waals surface area contributed by atoms with Crippen molar-refractivity contribution in [3.05, 3.63) is 46.6 Å². The maximum atomic E-state index is 9.18. The molecule has 0 amide bonds. The summed E-state index contributed by atoms with van der Waals surface area (Å²) in [6, 6.07) is 10.6. The van der Waals surface area contributed by atoms with E-state index in [0.29, 0.717) is 22.6 Å². The molecule has 2 aromatic rings. The van der Waals surface area contributed by atoms with E-state index in [1.165, 1.54) is 6.07 Å². The number of nitrogens with zero attached hydrogens (tertiary/aromatic N) is 3. The van der Waals surface area contributed by atoms with Crippen LogP contribution in [0.3, 0.4) is 0 Å². The number of aromatic nitrogens is 1. The normalized spacial score (nSPS) is 9.60.